The van der Waals surface area contributed by atoms with E-state index in [9.17, 15) is 4.79 Å². The highest BCUT2D eigenvalue weighted by atomic mass is 35.5. The van der Waals surface area contributed by atoms with Gasteiger partial charge in [0.25, 0.3) is 5.56 Å². The van der Waals surface area contributed by atoms with Gasteiger partial charge in [-0.15, -0.1) is 0 Å². The van der Waals surface area contributed by atoms with Crippen molar-refractivity contribution in [2.75, 3.05) is 7.11 Å². The molecule has 0 saturated carbocycles. The van der Waals surface area contributed by atoms with Gasteiger partial charge >= 0.3 is 0 Å². The van der Waals surface area contributed by atoms with Crippen LogP contribution in [0.2, 0.25) is 5.02 Å². The van der Waals surface area contributed by atoms with Gasteiger partial charge in [0.15, 0.2) is 0 Å². The van der Waals surface area contributed by atoms with Gasteiger partial charge in [0.2, 0.25) is 11.7 Å². The number of hydrogen-bond donors (Lipinski definition) is 0. The minimum Gasteiger partial charge on any atom is -0.496 e. The minimum absolute atomic E-state index is 0.202. The largest absolute Gasteiger partial charge is 0.496 e. The van der Waals surface area contributed by atoms with E-state index in [1.165, 1.54) is 10.7 Å². The zero-order valence-corrected chi connectivity index (χ0v) is 16.3. The van der Waals surface area contributed by atoms with E-state index in [0.717, 1.165) is 11.1 Å². The van der Waals surface area contributed by atoms with Gasteiger partial charge in [-0.2, -0.15) is 10.1 Å². The molecule has 0 amide bonds. The molecule has 29 heavy (non-hydrogen) atoms. The van der Waals surface area contributed by atoms with E-state index >= 15 is 0 Å². The van der Waals surface area contributed by atoms with Crippen LogP contribution < -0.4 is 10.3 Å². The van der Waals surface area contributed by atoms with Crippen molar-refractivity contribution in [3.8, 4) is 28.4 Å². The molecule has 0 bridgehead atoms. The fourth-order valence-electron chi connectivity index (χ4n) is 2.88. The number of rotatable bonds is 6. The molecule has 0 spiro atoms. The summed E-state index contributed by atoms with van der Waals surface area (Å²) in [6.07, 6.45) is 0.374. The van der Waals surface area contributed by atoms with Gasteiger partial charge in [0, 0.05) is 23.1 Å². The summed E-state index contributed by atoms with van der Waals surface area (Å²) >= 11 is 5.93. The van der Waals surface area contributed by atoms with Crippen LogP contribution in [-0.2, 0) is 13.0 Å². The number of benzene rings is 2. The third kappa shape index (κ3) is 4.20. The zero-order chi connectivity index (χ0) is 20.2. The monoisotopic (exact) mass is 408 g/mol. The molecule has 4 aromatic rings. The molecule has 7 nitrogen and oxygen atoms in total. The molecule has 0 aliphatic heterocycles. The maximum atomic E-state index is 12.2. The summed E-state index contributed by atoms with van der Waals surface area (Å²) in [5, 5.41) is 9.09. The molecule has 2 heterocycles. The first-order valence-corrected chi connectivity index (χ1v) is 9.32. The number of nitrogens with zero attached hydrogens (tertiary/aromatic N) is 4. The molecule has 0 radical (unpaired) electrons. The van der Waals surface area contributed by atoms with Gasteiger partial charge in [0.05, 0.1) is 24.9 Å². The number of para-hydroxylation sites is 1. The summed E-state index contributed by atoms with van der Waals surface area (Å²) < 4.78 is 12.1. The van der Waals surface area contributed by atoms with Crippen LogP contribution in [0.3, 0.4) is 0 Å². The fourth-order valence-corrected chi connectivity index (χ4v) is 3.01. The van der Waals surface area contributed by atoms with Crippen molar-refractivity contribution in [1.29, 1.82) is 0 Å². The van der Waals surface area contributed by atoms with Crippen molar-refractivity contribution in [2.24, 2.45) is 0 Å². The lowest BCUT2D eigenvalue weighted by Crippen LogP contribution is -2.23. The van der Waals surface area contributed by atoms with E-state index in [4.69, 9.17) is 20.9 Å². The van der Waals surface area contributed by atoms with Gasteiger partial charge in [-0.3, -0.25) is 4.79 Å². The Kier molecular flexibility index (Phi) is 5.39. The Hall–Kier alpha value is -3.45. The highest BCUT2D eigenvalue weighted by Crippen LogP contribution is 2.27. The second kappa shape index (κ2) is 8.28. The Labute approximate surface area is 171 Å². The lowest BCUT2D eigenvalue weighted by molar-refractivity contribution is 0.367. The van der Waals surface area contributed by atoms with Crippen LogP contribution in [0.15, 0.2) is 70.0 Å². The van der Waals surface area contributed by atoms with Gasteiger partial charge in [0.1, 0.15) is 5.75 Å². The fraction of sp³-hybridized carbons (Fsp3) is 0.143. The van der Waals surface area contributed by atoms with E-state index in [1.807, 2.05) is 36.4 Å². The molecule has 0 aliphatic carbocycles. The molecule has 0 atom stereocenters. The van der Waals surface area contributed by atoms with Crippen molar-refractivity contribution in [1.82, 2.24) is 19.9 Å². The molecule has 2 aromatic carbocycles. The van der Waals surface area contributed by atoms with E-state index in [2.05, 4.69) is 15.2 Å². The molecule has 0 aliphatic rings. The number of hydrogen-bond acceptors (Lipinski definition) is 6. The Morgan fingerprint density at radius 1 is 1.07 bits per heavy atom. The van der Waals surface area contributed by atoms with Crippen molar-refractivity contribution >= 4 is 11.6 Å². The van der Waals surface area contributed by atoms with E-state index in [-0.39, 0.29) is 5.56 Å². The summed E-state index contributed by atoms with van der Waals surface area (Å²) in [6, 6.07) is 17.9. The standard InChI is InChI=1S/C21H17ClN4O3/c1-28-18-5-3-2-4-16(18)21-23-19(29-25-21)12-13-26-20(27)11-10-17(24-26)14-6-8-15(22)9-7-14/h2-11H,12-13H2,1H3. The maximum absolute atomic E-state index is 12.2. The highest BCUT2D eigenvalue weighted by molar-refractivity contribution is 6.30. The van der Waals surface area contributed by atoms with Crippen LogP contribution in [0.1, 0.15) is 5.89 Å². The maximum Gasteiger partial charge on any atom is 0.266 e. The molecular weight excluding hydrogens is 392 g/mol. The molecule has 0 fully saturated rings. The van der Waals surface area contributed by atoms with Crippen molar-refractivity contribution < 1.29 is 9.26 Å². The Balaban J connectivity index is 1.52. The van der Waals surface area contributed by atoms with Crippen LogP contribution in [0, 0.1) is 0 Å². The van der Waals surface area contributed by atoms with Crippen molar-refractivity contribution in [3.05, 3.63) is 81.9 Å². The number of ether oxygens (including phenoxy) is 1. The molecule has 0 N–H and O–H groups in total. The van der Waals surface area contributed by atoms with Gasteiger partial charge in [-0.05, 0) is 30.3 Å². The van der Waals surface area contributed by atoms with Crippen LogP contribution in [-0.4, -0.2) is 27.0 Å². The number of aromatic nitrogens is 4. The lowest BCUT2D eigenvalue weighted by Gasteiger charge is -2.06. The van der Waals surface area contributed by atoms with Crippen LogP contribution >= 0.6 is 11.6 Å². The van der Waals surface area contributed by atoms with Crippen molar-refractivity contribution in [2.45, 2.75) is 13.0 Å². The summed E-state index contributed by atoms with van der Waals surface area (Å²) in [6.45, 7) is 0.313. The van der Waals surface area contributed by atoms with Gasteiger partial charge in [-0.25, -0.2) is 4.68 Å². The molecular formula is C21H17ClN4O3. The average molecular weight is 409 g/mol. The Morgan fingerprint density at radius 2 is 1.86 bits per heavy atom. The molecule has 0 saturated heterocycles. The lowest BCUT2D eigenvalue weighted by atomic mass is 10.1. The zero-order valence-electron chi connectivity index (χ0n) is 15.6. The van der Waals surface area contributed by atoms with E-state index in [1.54, 1.807) is 25.3 Å². The van der Waals surface area contributed by atoms with E-state index in [0.29, 0.717) is 41.1 Å². The van der Waals surface area contributed by atoms with E-state index < -0.39 is 0 Å². The van der Waals surface area contributed by atoms with Crippen LogP contribution in [0.25, 0.3) is 22.6 Å². The first-order valence-electron chi connectivity index (χ1n) is 8.94. The second-order valence-electron chi connectivity index (χ2n) is 6.25. The normalized spacial score (nSPS) is 10.8. The molecule has 0 unspecified atom stereocenters. The molecule has 146 valence electrons. The minimum atomic E-state index is -0.202. The number of halogens is 1. The third-order valence-corrected chi connectivity index (χ3v) is 4.61. The number of aryl methyl sites for hydroxylation is 2. The summed E-state index contributed by atoms with van der Waals surface area (Å²) in [7, 11) is 1.59. The average Bonchev–Trinajstić information content (AvgIpc) is 3.22. The van der Waals surface area contributed by atoms with Crippen molar-refractivity contribution in [3.63, 3.8) is 0 Å². The van der Waals surface area contributed by atoms with Crippen LogP contribution in [0.5, 0.6) is 5.75 Å². The first-order chi connectivity index (χ1) is 14.1. The van der Waals surface area contributed by atoms with Gasteiger partial charge in [-0.1, -0.05) is 41.0 Å². The smallest absolute Gasteiger partial charge is 0.266 e. The summed E-state index contributed by atoms with van der Waals surface area (Å²) in [5.41, 5.74) is 2.10. The third-order valence-electron chi connectivity index (χ3n) is 4.36. The molecule has 8 heteroatoms. The first kappa shape index (κ1) is 18.9. The quantitative estimate of drug-likeness (QED) is 0.481. The summed E-state index contributed by atoms with van der Waals surface area (Å²) in [5.74, 6) is 1.51. The Morgan fingerprint density at radius 3 is 2.66 bits per heavy atom. The molecule has 2 aromatic heterocycles. The number of methoxy groups -OCH3 is 1. The predicted octanol–water partition coefficient (Wildman–Crippen LogP) is 3.87. The predicted molar refractivity (Wildman–Crippen MR) is 109 cm³/mol. The van der Waals surface area contributed by atoms with Crippen LogP contribution in [0.4, 0.5) is 0 Å². The molecule has 4 rings (SSSR count). The highest BCUT2D eigenvalue weighted by Gasteiger charge is 2.13. The second-order valence-corrected chi connectivity index (χ2v) is 6.69. The Bertz CT molecular complexity index is 1190. The topological polar surface area (TPSA) is 83.0 Å². The van der Waals surface area contributed by atoms with Gasteiger partial charge < -0.3 is 9.26 Å². The SMILES string of the molecule is COc1ccccc1-c1noc(CCn2nc(-c3ccc(Cl)cc3)ccc2=O)n1. The summed E-state index contributed by atoms with van der Waals surface area (Å²) in [4.78, 5) is 16.6.